The highest BCUT2D eigenvalue weighted by atomic mass is 15.1. The van der Waals surface area contributed by atoms with Crippen LogP contribution >= 0.6 is 0 Å². The molecule has 0 saturated carbocycles. The van der Waals surface area contributed by atoms with Gasteiger partial charge in [-0.1, -0.05) is 188 Å². The fourth-order valence-corrected chi connectivity index (χ4v) is 9.08. The van der Waals surface area contributed by atoms with E-state index in [0.29, 0.717) is 11.6 Å². The van der Waals surface area contributed by atoms with Crippen molar-refractivity contribution in [2.45, 2.75) is 0 Å². The molecule has 0 N–H and O–H groups in total. The second-order valence-corrected chi connectivity index (χ2v) is 16.3. The Bertz CT molecular complexity index is 3710. The maximum Gasteiger partial charge on any atom is 0.162 e. The number of aromatic nitrogens is 5. The lowest BCUT2D eigenvalue weighted by molar-refractivity contribution is 1.11. The molecule has 0 bridgehead atoms. The largest absolute Gasteiger partial charge is 0.294 e. The van der Waals surface area contributed by atoms with Crippen LogP contribution in [-0.4, -0.2) is 24.5 Å². The van der Waals surface area contributed by atoms with E-state index in [1.807, 2.05) is 30.3 Å². The van der Waals surface area contributed by atoms with E-state index in [1.165, 1.54) is 0 Å². The van der Waals surface area contributed by atoms with Crippen LogP contribution in [0.25, 0.3) is 117 Å². The minimum Gasteiger partial charge on any atom is -0.294 e. The van der Waals surface area contributed by atoms with Crippen LogP contribution in [0.3, 0.4) is 0 Å². The smallest absolute Gasteiger partial charge is 0.162 e. The molecule has 65 heavy (non-hydrogen) atoms. The summed E-state index contributed by atoms with van der Waals surface area (Å²) in [4.78, 5) is 20.9. The molecule has 3 heterocycles. The number of hydrogen-bond acceptors (Lipinski definition) is 4. The van der Waals surface area contributed by atoms with E-state index >= 15 is 0 Å². The Labute approximate surface area is 376 Å². The van der Waals surface area contributed by atoms with E-state index in [9.17, 15) is 0 Å². The van der Waals surface area contributed by atoms with Crippen LogP contribution in [0.5, 0.6) is 0 Å². The van der Waals surface area contributed by atoms with Crippen LogP contribution in [0, 0.1) is 0 Å². The van der Waals surface area contributed by atoms with E-state index < -0.39 is 0 Å². The third-order valence-electron chi connectivity index (χ3n) is 12.2. The maximum atomic E-state index is 5.38. The number of para-hydroxylation sites is 3. The zero-order chi connectivity index (χ0) is 43.1. The summed E-state index contributed by atoms with van der Waals surface area (Å²) in [6.45, 7) is 0. The zero-order valence-corrected chi connectivity index (χ0v) is 35.3. The Morgan fingerprint density at radius 3 is 1.25 bits per heavy atom. The van der Waals surface area contributed by atoms with Gasteiger partial charge in [-0.15, -0.1) is 0 Å². The Kier molecular flexibility index (Phi) is 9.42. The summed E-state index contributed by atoms with van der Waals surface area (Å²) in [5, 5.41) is 3.20. The van der Waals surface area contributed by atoms with Gasteiger partial charge < -0.3 is 0 Å². The van der Waals surface area contributed by atoms with Gasteiger partial charge in [0, 0.05) is 38.7 Å². The average Bonchev–Trinajstić information content (AvgIpc) is 3.73. The number of fused-ring (bicyclic) bond motifs is 4. The number of rotatable bonds is 8. The Balaban J connectivity index is 0.911. The maximum absolute atomic E-state index is 5.38. The van der Waals surface area contributed by atoms with Gasteiger partial charge >= 0.3 is 0 Å². The highest BCUT2D eigenvalue weighted by Gasteiger charge is 2.21. The highest BCUT2D eigenvalue weighted by Crippen LogP contribution is 2.39. The summed E-state index contributed by atoms with van der Waals surface area (Å²) in [6.07, 6.45) is 0. The summed E-state index contributed by atoms with van der Waals surface area (Å²) in [5.41, 5.74) is 16.5. The van der Waals surface area contributed by atoms with Crippen molar-refractivity contribution in [2.75, 3.05) is 0 Å². The minimum absolute atomic E-state index is 0.676. The molecule has 3 aromatic heterocycles. The topological polar surface area (TPSA) is 56.5 Å². The molecule has 0 radical (unpaired) electrons. The SMILES string of the molecule is c1ccc(-c2nc(-c3cccc(-c4cccc(-c5cccc(-c6cccc(-c7nc(-c8ccccc8)c8c9ccccc9n(-c9ccccc9)c8n7)c6)c5)c4)c3)nc3ccccc23)cc1. The molecule has 0 aliphatic carbocycles. The Morgan fingerprint density at radius 1 is 0.277 bits per heavy atom. The van der Waals surface area contributed by atoms with Gasteiger partial charge in [-0.3, -0.25) is 4.57 Å². The summed E-state index contributed by atoms with van der Waals surface area (Å²) >= 11 is 0. The van der Waals surface area contributed by atoms with Crippen molar-refractivity contribution in [1.82, 2.24) is 24.5 Å². The standard InChI is InChI=1S/C60H39N5/c1-4-18-40(19-5-1)56-51-32-10-12-34-53(51)61-58(62-56)48-28-16-26-46(38-48)44-24-14-22-42(36-44)43-23-15-25-45(37-43)47-27-17-29-49(39-47)59-63-57(41-20-6-2-7-21-41)55-52-33-11-13-35-54(52)65(60(55)64-59)50-30-8-3-9-31-50/h1-39H. The summed E-state index contributed by atoms with van der Waals surface area (Å²) in [7, 11) is 0. The molecule has 0 aliphatic rings. The van der Waals surface area contributed by atoms with Crippen molar-refractivity contribution >= 4 is 32.8 Å². The van der Waals surface area contributed by atoms with Gasteiger partial charge in [0.25, 0.3) is 0 Å². The van der Waals surface area contributed by atoms with Crippen molar-refractivity contribution in [3.63, 3.8) is 0 Å². The van der Waals surface area contributed by atoms with Gasteiger partial charge in [-0.25, -0.2) is 19.9 Å². The normalized spacial score (nSPS) is 11.4. The molecule has 0 atom stereocenters. The molecule has 9 aromatic carbocycles. The minimum atomic E-state index is 0.676. The molecular weight excluding hydrogens is 791 g/mol. The van der Waals surface area contributed by atoms with Crippen molar-refractivity contribution in [3.05, 3.63) is 237 Å². The monoisotopic (exact) mass is 829 g/mol. The quantitative estimate of drug-likeness (QED) is 0.153. The molecule has 304 valence electrons. The van der Waals surface area contributed by atoms with Crippen LogP contribution in [0.15, 0.2) is 237 Å². The average molecular weight is 830 g/mol. The third-order valence-corrected chi connectivity index (χ3v) is 12.2. The summed E-state index contributed by atoms with van der Waals surface area (Å²) in [6, 6.07) is 82.7. The molecule has 5 nitrogen and oxygen atoms in total. The zero-order valence-electron chi connectivity index (χ0n) is 35.3. The Hall–Kier alpha value is -8.80. The van der Waals surface area contributed by atoms with E-state index in [0.717, 1.165) is 106 Å². The van der Waals surface area contributed by atoms with Crippen LogP contribution in [0.4, 0.5) is 0 Å². The van der Waals surface area contributed by atoms with Gasteiger partial charge in [-0.2, -0.15) is 0 Å². The van der Waals surface area contributed by atoms with Crippen molar-refractivity contribution in [2.24, 2.45) is 0 Å². The molecule has 0 aliphatic heterocycles. The van der Waals surface area contributed by atoms with E-state index in [-0.39, 0.29) is 0 Å². The van der Waals surface area contributed by atoms with Gasteiger partial charge in [0.1, 0.15) is 5.65 Å². The fourth-order valence-electron chi connectivity index (χ4n) is 9.08. The number of hydrogen-bond donors (Lipinski definition) is 0. The lowest BCUT2D eigenvalue weighted by Gasteiger charge is -2.12. The van der Waals surface area contributed by atoms with Crippen molar-refractivity contribution < 1.29 is 0 Å². The van der Waals surface area contributed by atoms with E-state index in [1.54, 1.807) is 0 Å². The van der Waals surface area contributed by atoms with Crippen molar-refractivity contribution in [1.29, 1.82) is 0 Å². The third kappa shape index (κ3) is 7.02. The molecule has 5 heteroatoms. The first-order valence-electron chi connectivity index (χ1n) is 21.9. The first-order valence-corrected chi connectivity index (χ1v) is 21.9. The molecular formula is C60H39N5. The fraction of sp³-hybridized carbons (Fsp3) is 0. The first-order chi connectivity index (χ1) is 32.2. The second kappa shape index (κ2) is 16.2. The molecule has 12 aromatic rings. The highest BCUT2D eigenvalue weighted by molar-refractivity contribution is 6.14. The molecule has 0 saturated heterocycles. The number of nitrogens with zero attached hydrogens (tertiary/aromatic N) is 5. The van der Waals surface area contributed by atoms with Crippen LogP contribution in [0.2, 0.25) is 0 Å². The van der Waals surface area contributed by atoms with Gasteiger partial charge in [0.2, 0.25) is 0 Å². The van der Waals surface area contributed by atoms with Gasteiger partial charge in [0.15, 0.2) is 11.6 Å². The van der Waals surface area contributed by atoms with Gasteiger partial charge in [-0.05, 0) is 81.9 Å². The summed E-state index contributed by atoms with van der Waals surface area (Å²) in [5.74, 6) is 1.38. The lowest BCUT2D eigenvalue weighted by atomic mass is 9.95. The lowest BCUT2D eigenvalue weighted by Crippen LogP contribution is -1.99. The van der Waals surface area contributed by atoms with E-state index in [2.05, 4.69) is 211 Å². The van der Waals surface area contributed by atoms with Crippen LogP contribution in [-0.2, 0) is 0 Å². The second-order valence-electron chi connectivity index (χ2n) is 16.3. The molecule has 0 amide bonds. The first kappa shape index (κ1) is 37.9. The molecule has 0 unspecified atom stereocenters. The van der Waals surface area contributed by atoms with Crippen LogP contribution in [0.1, 0.15) is 0 Å². The van der Waals surface area contributed by atoms with E-state index in [4.69, 9.17) is 19.9 Å². The Morgan fingerprint density at radius 2 is 0.677 bits per heavy atom. The number of benzene rings is 9. The predicted octanol–water partition coefficient (Wildman–Crippen LogP) is 15.2. The summed E-state index contributed by atoms with van der Waals surface area (Å²) < 4.78 is 2.26. The van der Waals surface area contributed by atoms with Crippen molar-refractivity contribution in [3.8, 4) is 84.4 Å². The van der Waals surface area contributed by atoms with Gasteiger partial charge in [0.05, 0.1) is 27.8 Å². The molecule has 12 rings (SSSR count). The molecule has 0 spiro atoms. The van der Waals surface area contributed by atoms with Crippen LogP contribution < -0.4 is 0 Å². The predicted molar refractivity (Wildman–Crippen MR) is 268 cm³/mol. The molecule has 0 fully saturated rings.